The van der Waals surface area contributed by atoms with Crippen LogP contribution in [0.4, 0.5) is 13.2 Å². The van der Waals surface area contributed by atoms with Crippen LogP contribution < -0.4 is 4.74 Å². The third kappa shape index (κ3) is 2.95. The number of carbonyl (C=O) groups excluding carboxylic acids is 1. The van der Waals surface area contributed by atoms with Crippen molar-refractivity contribution in [2.24, 2.45) is 0 Å². The number of Topliss-reactive ketones (excluding diaryl/α,β-unsaturated/α-hetero) is 1. The molecule has 0 amide bonds. The van der Waals surface area contributed by atoms with Crippen LogP contribution in [0.1, 0.15) is 28.9 Å². The molecule has 0 saturated carbocycles. The summed E-state index contributed by atoms with van der Waals surface area (Å²) in [6, 6.07) is 2.97. The molecule has 0 saturated heterocycles. The molecule has 17 heavy (non-hydrogen) atoms. The summed E-state index contributed by atoms with van der Waals surface area (Å²) in [7, 11) is 0. The first-order chi connectivity index (χ1) is 7.96. The number of alkyl halides is 3. The van der Waals surface area contributed by atoms with Gasteiger partial charge in [-0.25, -0.2) is 4.98 Å². The molecule has 1 aromatic rings. The molecule has 0 atom stereocenters. The predicted octanol–water partition coefficient (Wildman–Crippen LogP) is 2.54. The molecule has 1 aromatic heterocycles. The van der Waals surface area contributed by atoms with Gasteiger partial charge in [0.15, 0.2) is 12.4 Å². The van der Waals surface area contributed by atoms with E-state index in [0.29, 0.717) is 6.42 Å². The van der Waals surface area contributed by atoms with Gasteiger partial charge in [-0.05, 0) is 18.4 Å². The summed E-state index contributed by atoms with van der Waals surface area (Å²) in [6.07, 6.45) is -2.52. The van der Waals surface area contributed by atoms with Gasteiger partial charge in [-0.2, -0.15) is 13.2 Å². The van der Waals surface area contributed by atoms with Crippen LogP contribution in [0, 0.1) is 0 Å². The molecule has 3 nitrogen and oxygen atoms in total. The maximum Gasteiger partial charge on any atom is 0.422 e. The first kappa shape index (κ1) is 11.9. The number of pyridine rings is 1. The summed E-state index contributed by atoms with van der Waals surface area (Å²) in [5, 5.41) is 0. The van der Waals surface area contributed by atoms with Gasteiger partial charge in [-0.15, -0.1) is 0 Å². The number of hydrogen-bond donors (Lipinski definition) is 0. The molecular weight excluding hydrogens is 235 g/mol. The maximum atomic E-state index is 11.9. The molecule has 0 spiro atoms. The summed E-state index contributed by atoms with van der Waals surface area (Å²) < 4.78 is 40.3. The second-order valence-electron chi connectivity index (χ2n) is 3.84. The number of rotatable bonds is 2. The average molecular weight is 245 g/mol. The smallest absolute Gasteiger partial charge is 0.422 e. The molecule has 6 heteroatoms. The molecule has 0 unspecified atom stereocenters. The lowest BCUT2D eigenvalue weighted by molar-refractivity contribution is -0.154. The number of halogens is 3. The van der Waals surface area contributed by atoms with Crippen molar-refractivity contribution in [3.8, 4) is 5.88 Å². The number of fused-ring (bicyclic) bond motifs is 1. The summed E-state index contributed by atoms with van der Waals surface area (Å²) in [6.45, 7) is -1.40. The fraction of sp³-hybridized carbons (Fsp3) is 0.455. The van der Waals surface area contributed by atoms with E-state index >= 15 is 0 Å². The molecule has 0 radical (unpaired) electrons. The number of nitrogens with zero attached hydrogens (tertiary/aromatic N) is 1. The first-order valence-corrected chi connectivity index (χ1v) is 5.18. The van der Waals surface area contributed by atoms with E-state index in [-0.39, 0.29) is 17.4 Å². The number of aryl methyl sites for hydroxylation is 1. The third-order valence-corrected chi connectivity index (χ3v) is 2.45. The topological polar surface area (TPSA) is 39.2 Å². The summed E-state index contributed by atoms with van der Waals surface area (Å²) in [5.41, 5.74) is 1.02. The molecule has 1 aliphatic carbocycles. The zero-order valence-electron chi connectivity index (χ0n) is 8.88. The number of ketones is 1. The molecule has 2 rings (SSSR count). The van der Waals surface area contributed by atoms with Crippen LogP contribution in [0.3, 0.4) is 0 Å². The van der Waals surface area contributed by atoms with E-state index in [4.69, 9.17) is 0 Å². The Morgan fingerprint density at radius 3 is 2.76 bits per heavy atom. The monoisotopic (exact) mass is 245 g/mol. The standard InChI is InChI=1S/C11H10F3NO2/c12-11(13,14)6-17-9-5-4-7-2-1-3-8(16)10(7)15-9/h4-5H,1-3,6H2. The quantitative estimate of drug-likeness (QED) is 0.803. The molecular formula is C11H10F3NO2. The van der Waals surface area contributed by atoms with Crippen molar-refractivity contribution in [3.63, 3.8) is 0 Å². The summed E-state index contributed by atoms with van der Waals surface area (Å²) in [4.78, 5) is 15.3. The molecule has 0 bridgehead atoms. The van der Waals surface area contributed by atoms with Gasteiger partial charge in [0.25, 0.3) is 0 Å². The predicted molar refractivity (Wildman–Crippen MR) is 53.1 cm³/mol. The van der Waals surface area contributed by atoms with Crippen LogP contribution in [0.5, 0.6) is 5.88 Å². The number of carbonyl (C=O) groups is 1. The van der Waals surface area contributed by atoms with Crippen LogP contribution in [-0.4, -0.2) is 23.6 Å². The molecule has 0 aliphatic heterocycles. The number of ether oxygens (including phenoxy) is 1. The highest BCUT2D eigenvalue weighted by atomic mass is 19.4. The minimum Gasteiger partial charge on any atom is -0.468 e. The van der Waals surface area contributed by atoms with E-state index in [2.05, 4.69) is 9.72 Å². The van der Waals surface area contributed by atoms with Crippen molar-refractivity contribution in [2.45, 2.75) is 25.4 Å². The van der Waals surface area contributed by atoms with Gasteiger partial charge >= 0.3 is 6.18 Å². The van der Waals surface area contributed by atoms with Crippen molar-refractivity contribution in [1.29, 1.82) is 0 Å². The fourth-order valence-electron chi connectivity index (χ4n) is 1.71. The maximum absolute atomic E-state index is 11.9. The van der Waals surface area contributed by atoms with Crippen LogP contribution in [0.2, 0.25) is 0 Å². The highest BCUT2D eigenvalue weighted by Crippen LogP contribution is 2.23. The lowest BCUT2D eigenvalue weighted by atomic mass is 9.95. The fourth-order valence-corrected chi connectivity index (χ4v) is 1.71. The van der Waals surface area contributed by atoms with Crippen LogP contribution in [-0.2, 0) is 6.42 Å². The highest BCUT2D eigenvalue weighted by molar-refractivity contribution is 5.96. The van der Waals surface area contributed by atoms with Crippen molar-refractivity contribution >= 4 is 5.78 Å². The molecule has 92 valence electrons. The lowest BCUT2D eigenvalue weighted by Crippen LogP contribution is -2.20. The Morgan fingerprint density at radius 2 is 2.06 bits per heavy atom. The Morgan fingerprint density at radius 1 is 1.29 bits per heavy atom. The van der Waals surface area contributed by atoms with Crippen molar-refractivity contribution in [2.75, 3.05) is 6.61 Å². The SMILES string of the molecule is O=C1CCCc2ccc(OCC(F)(F)F)nc21. The van der Waals surface area contributed by atoms with Crippen LogP contribution >= 0.6 is 0 Å². The van der Waals surface area contributed by atoms with E-state index < -0.39 is 12.8 Å². The molecule has 1 aliphatic rings. The van der Waals surface area contributed by atoms with Crippen molar-refractivity contribution < 1.29 is 22.7 Å². The van der Waals surface area contributed by atoms with Crippen LogP contribution in [0.15, 0.2) is 12.1 Å². The number of hydrogen-bond acceptors (Lipinski definition) is 3. The zero-order chi connectivity index (χ0) is 12.5. The van der Waals surface area contributed by atoms with Gasteiger partial charge in [0.05, 0.1) is 0 Å². The lowest BCUT2D eigenvalue weighted by Gasteiger charge is -2.15. The average Bonchev–Trinajstić information content (AvgIpc) is 2.26. The van der Waals surface area contributed by atoms with E-state index in [1.165, 1.54) is 6.07 Å². The van der Waals surface area contributed by atoms with Gasteiger partial charge in [0.1, 0.15) is 5.69 Å². The van der Waals surface area contributed by atoms with E-state index in [1.807, 2.05) is 0 Å². The zero-order valence-corrected chi connectivity index (χ0v) is 8.88. The second-order valence-corrected chi connectivity index (χ2v) is 3.84. The van der Waals surface area contributed by atoms with E-state index in [9.17, 15) is 18.0 Å². The largest absolute Gasteiger partial charge is 0.468 e. The van der Waals surface area contributed by atoms with Crippen LogP contribution in [0.25, 0.3) is 0 Å². The molecule has 0 aromatic carbocycles. The Balaban J connectivity index is 2.15. The van der Waals surface area contributed by atoms with Gasteiger partial charge in [-0.3, -0.25) is 4.79 Å². The minimum atomic E-state index is -4.40. The molecule has 0 N–H and O–H groups in total. The van der Waals surface area contributed by atoms with Gasteiger partial charge in [0, 0.05) is 12.5 Å². The van der Waals surface area contributed by atoms with Crippen molar-refractivity contribution in [3.05, 3.63) is 23.4 Å². The third-order valence-electron chi connectivity index (χ3n) is 2.45. The Hall–Kier alpha value is -1.59. The van der Waals surface area contributed by atoms with Gasteiger partial charge in [0.2, 0.25) is 5.88 Å². The summed E-state index contributed by atoms with van der Waals surface area (Å²) >= 11 is 0. The minimum absolute atomic E-state index is 0.135. The van der Waals surface area contributed by atoms with E-state index in [1.54, 1.807) is 6.07 Å². The Kier molecular flexibility index (Phi) is 3.04. The molecule has 1 heterocycles. The number of aromatic nitrogens is 1. The van der Waals surface area contributed by atoms with Gasteiger partial charge in [-0.1, -0.05) is 6.07 Å². The summed E-state index contributed by atoms with van der Waals surface area (Å²) in [5.74, 6) is -0.292. The molecule has 0 fully saturated rings. The normalized spacial score (nSPS) is 15.6. The Bertz CT molecular complexity index is 443. The second kappa shape index (κ2) is 4.35. The first-order valence-electron chi connectivity index (χ1n) is 5.18. The Labute approximate surface area is 95.6 Å². The van der Waals surface area contributed by atoms with Gasteiger partial charge < -0.3 is 4.74 Å². The van der Waals surface area contributed by atoms with E-state index in [0.717, 1.165) is 18.4 Å². The van der Waals surface area contributed by atoms with Crippen molar-refractivity contribution in [1.82, 2.24) is 4.98 Å². The highest BCUT2D eigenvalue weighted by Gasteiger charge is 2.29.